The summed E-state index contributed by atoms with van der Waals surface area (Å²) < 4.78 is 20.1. The van der Waals surface area contributed by atoms with Gasteiger partial charge in [0.15, 0.2) is 23.3 Å². The van der Waals surface area contributed by atoms with Gasteiger partial charge in [0.05, 0.1) is 28.2 Å². The number of ketones is 1. The summed E-state index contributed by atoms with van der Waals surface area (Å²) in [4.78, 5) is 56.4. The Morgan fingerprint density at radius 2 is 2.02 bits per heavy atom. The normalized spacial score (nSPS) is 22.3. The second-order valence-corrected chi connectivity index (χ2v) is 12.4. The number of Topliss-reactive ketones (excluding diaryl/α,β-unsaturated/α-hetero) is 1. The Balaban J connectivity index is 1.58. The molecule has 4 N–H and O–H groups in total. The molecule has 2 aromatic rings. The molecule has 1 aliphatic carbocycles. The van der Waals surface area contributed by atoms with Crippen LogP contribution in [0.25, 0.3) is 10.4 Å². The smallest absolute Gasteiger partial charge is 0.258 e. The molecule has 10 nitrogen and oxygen atoms in total. The number of nitrogens with one attached hydrogen (secondary N) is 3. The van der Waals surface area contributed by atoms with E-state index in [1.54, 1.807) is 38.4 Å². The van der Waals surface area contributed by atoms with Gasteiger partial charge >= 0.3 is 0 Å². The number of aldehydes is 1. The first-order chi connectivity index (χ1) is 18.8. The van der Waals surface area contributed by atoms with Crippen molar-refractivity contribution in [2.45, 2.75) is 76.9 Å². The molecule has 40 heavy (non-hydrogen) atoms. The summed E-state index contributed by atoms with van der Waals surface area (Å²) in [5.74, 6) is -1.83. The monoisotopic (exact) mass is 574 g/mol. The number of carbonyl (C=O) groups is 4. The summed E-state index contributed by atoms with van der Waals surface area (Å²) in [7, 11) is 0. The Labute approximate surface area is 236 Å². The van der Waals surface area contributed by atoms with Crippen molar-refractivity contribution in [2.24, 2.45) is 5.41 Å². The molecule has 1 saturated carbocycles. The van der Waals surface area contributed by atoms with E-state index in [-0.39, 0.29) is 39.0 Å². The predicted octanol–water partition coefficient (Wildman–Crippen LogP) is 2.01. The van der Waals surface area contributed by atoms with Gasteiger partial charge in [-0.2, -0.15) is 0 Å². The van der Waals surface area contributed by atoms with Crippen molar-refractivity contribution in [2.75, 3.05) is 13.2 Å². The van der Waals surface area contributed by atoms with Gasteiger partial charge in [0, 0.05) is 25.1 Å². The Kier molecular flexibility index (Phi) is 8.44. The summed E-state index contributed by atoms with van der Waals surface area (Å²) in [6.07, 6.45) is -0.395. The largest absolute Gasteiger partial charge is 0.486 e. The van der Waals surface area contributed by atoms with Crippen molar-refractivity contribution in [1.29, 1.82) is 0 Å². The molecule has 1 aromatic carbocycles. The number of amides is 2. The number of hydrogen-bond acceptors (Lipinski definition) is 9. The first-order valence-corrected chi connectivity index (χ1v) is 14.0. The van der Waals surface area contributed by atoms with Gasteiger partial charge in [-0.05, 0) is 36.8 Å². The topological polar surface area (TPSA) is 147 Å². The Hall–Kier alpha value is -3.22. The number of ether oxygens (including phenoxy) is 1. The van der Waals surface area contributed by atoms with E-state index < -0.39 is 46.4 Å². The second-order valence-electron chi connectivity index (χ2n) is 11.5. The molecule has 2 aliphatic rings. The minimum atomic E-state index is -2.00. The standard InChI is InChI=1S/C28H35FN4O6S/c1-16-21(40-15-31-16)17-5-6-18(20(11-17)39-10-9-34)13-30-25(38)28(12-19(35)14-32-28)23(36)22(26(2,3)4)33-24(37)27(29)7-8-27/h5-6,9,11,15,19,22,32,35H,7-8,10,12-14H2,1-4H3,(H,30,38)(H,33,37). The third-order valence-electron chi connectivity index (χ3n) is 7.31. The van der Waals surface area contributed by atoms with Crippen LogP contribution in [0.3, 0.4) is 0 Å². The zero-order valence-electron chi connectivity index (χ0n) is 23.0. The molecule has 12 heteroatoms. The van der Waals surface area contributed by atoms with Gasteiger partial charge in [-0.25, -0.2) is 9.37 Å². The lowest BCUT2D eigenvalue weighted by molar-refractivity contribution is -0.143. The number of halogens is 1. The molecule has 4 rings (SSSR count). The van der Waals surface area contributed by atoms with Gasteiger partial charge in [0.1, 0.15) is 12.4 Å². The average Bonchev–Trinajstić information content (AvgIpc) is 3.31. The SMILES string of the molecule is Cc1ncsc1-c1ccc(CNC(=O)C2(C(=O)C(NC(=O)C3(F)CC3)C(C)(C)C)CC(O)CN2)c(OCC=O)c1. The van der Waals surface area contributed by atoms with Crippen LogP contribution in [0.15, 0.2) is 23.7 Å². The average molecular weight is 575 g/mol. The van der Waals surface area contributed by atoms with Crippen LogP contribution in [-0.4, -0.2) is 70.5 Å². The third kappa shape index (κ3) is 6.08. The summed E-state index contributed by atoms with van der Waals surface area (Å²) in [5, 5.41) is 18.5. The van der Waals surface area contributed by atoms with E-state index in [9.17, 15) is 28.7 Å². The molecular formula is C28H35FN4O6S. The van der Waals surface area contributed by atoms with Crippen molar-refractivity contribution in [1.82, 2.24) is 20.9 Å². The van der Waals surface area contributed by atoms with E-state index in [1.807, 2.05) is 13.0 Å². The maximum Gasteiger partial charge on any atom is 0.258 e. The van der Waals surface area contributed by atoms with E-state index in [0.29, 0.717) is 17.6 Å². The Morgan fingerprint density at radius 1 is 1.30 bits per heavy atom. The predicted molar refractivity (Wildman–Crippen MR) is 147 cm³/mol. The zero-order chi connectivity index (χ0) is 29.3. The van der Waals surface area contributed by atoms with Gasteiger partial charge in [0.2, 0.25) is 5.91 Å². The number of alkyl halides is 1. The highest BCUT2D eigenvalue weighted by Crippen LogP contribution is 2.41. The van der Waals surface area contributed by atoms with E-state index in [4.69, 9.17) is 4.74 Å². The van der Waals surface area contributed by atoms with E-state index in [2.05, 4.69) is 20.9 Å². The number of aliphatic hydroxyl groups excluding tert-OH is 1. The van der Waals surface area contributed by atoms with Gasteiger partial charge < -0.3 is 20.5 Å². The van der Waals surface area contributed by atoms with Crippen LogP contribution in [0.2, 0.25) is 0 Å². The number of thiazole rings is 1. The summed E-state index contributed by atoms with van der Waals surface area (Å²) in [6, 6.07) is 4.18. The van der Waals surface area contributed by atoms with E-state index in [1.165, 1.54) is 11.3 Å². The van der Waals surface area contributed by atoms with E-state index in [0.717, 1.165) is 16.1 Å². The fraction of sp³-hybridized carbons (Fsp3) is 0.536. The van der Waals surface area contributed by atoms with Crippen molar-refractivity contribution in [3.63, 3.8) is 0 Å². The molecule has 0 radical (unpaired) electrons. The highest BCUT2D eigenvalue weighted by molar-refractivity contribution is 7.13. The number of aryl methyl sites for hydroxylation is 1. The molecule has 216 valence electrons. The minimum absolute atomic E-state index is 0.00634. The molecule has 0 bridgehead atoms. The molecular weight excluding hydrogens is 539 g/mol. The molecule has 2 fully saturated rings. The van der Waals surface area contributed by atoms with E-state index >= 15 is 0 Å². The lowest BCUT2D eigenvalue weighted by Crippen LogP contribution is -2.66. The fourth-order valence-corrected chi connectivity index (χ4v) is 5.59. The maximum atomic E-state index is 14.5. The Morgan fingerprint density at radius 3 is 2.58 bits per heavy atom. The van der Waals surface area contributed by atoms with Gasteiger partial charge in [-0.3, -0.25) is 24.5 Å². The van der Waals surface area contributed by atoms with Crippen LogP contribution in [0.1, 0.15) is 51.3 Å². The lowest BCUT2D eigenvalue weighted by Gasteiger charge is -2.37. The summed E-state index contributed by atoms with van der Waals surface area (Å²) >= 11 is 1.46. The van der Waals surface area contributed by atoms with Crippen molar-refractivity contribution in [3.8, 4) is 16.2 Å². The second kappa shape index (κ2) is 11.3. The Bertz CT molecular complexity index is 1300. The number of aliphatic hydroxyl groups is 1. The first-order valence-electron chi connectivity index (χ1n) is 13.2. The summed E-state index contributed by atoms with van der Waals surface area (Å²) in [6.45, 7) is 6.80. The number of β-amino-alcohol motifs (C(OH)–C–C–N with tert-alkyl or cyclic N) is 1. The highest BCUT2D eigenvalue weighted by Gasteiger charge is 2.57. The lowest BCUT2D eigenvalue weighted by atomic mass is 9.75. The van der Waals surface area contributed by atoms with Crippen LogP contribution in [0.4, 0.5) is 4.39 Å². The molecule has 1 saturated heterocycles. The third-order valence-corrected chi connectivity index (χ3v) is 8.29. The van der Waals surface area contributed by atoms with Crippen LogP contribution < -0.4 is 20.7 Å². The van der Waals surface area contributed by atoms with Gasteiger partial charge in [-0.15, -0.1) is 11.3 Å². The number of rotatable bonds is 11. The van der Waals surface area contributed by atoms with Crippen molar-refractivity contribution >= 4 is 35.2 Å². The number of hydrogen-bond donors (Lipinski definition) is 4. The van der Waals surface area contributed by atoms with Crippen LogP contribution in [-0.2, 0) is 25.7 Å². The summed E-state index contributed by atoms with van der Waals surface area (Å²) in [5.41, 5.74) is -0.703. The van der Waals surface area contributed by atoms with Crippen molar-refractivity contribution in [3.05, 3.63) is 35.0 Å². The number of aromatic nitrogens is 1. The molecule has 3 unspecified atom stereocenters. The molecule has 1 aliphatic heterocycles. The first kappa shape index (κ1) is 29.8. The zero-order valence-corrected chi connectivity index (χ0v) is 23.8. The van der Waals surface area contributed by atoms with Crippen molar-refractivity contribution < 1.29 is 33.4 Å². The molecule has 0 spiro atoms. The van der Waals surface area contributed by atoms with Crippen LogP contribution in [0.5, 0.6) is 5.75 Å². The minimum Gasteiger partial charge on any atom is -0.486 e. The molecule has 3 atom stereocenters. The van der Waals surface area contributed by atoms with Crippen LogP contribution in [0, 0.1) is 12.3 Å². The number of carbonyl (C=O) groups excluding carboxylic acids is 4. The molecule has 2 heterocycles. The quantitative estimate of drug-likeness (QED) is 0.236. The van der Waals surface area contributed by atoms with Gasteiger partial charge in [-0.1, -0.05) is 32.9 Å². The maximum absolute atomic E-state index is 14.5. The van der Waals surface area contributed by atoms with Crippen LogP contribution >= 0.6 is 11.3 Å². The number of nitrogens with zero attached hydrogens (tertiary/aromatic N) is 1. The molecule has 2 amide bonds. The highest BCUT2D eigenvalue weighted by atomic mass is 32.1. The number of benzene rings is 1. The fourth-order valence-electron chi connectivity index (χ4n) is 4.79. The van der Waals surface area contributed by atoms with Gasteiger partial charge in [0.25, 0.3) is 5.91 Å². The molecule has 1 aromatic heterocycles.